The molecule has 136 valence electrons. The van der Waals surface area contributed by atoms with Gasteiger partial charge >= 0.3 is 12.0 Å². The quantitative estimate of drug-likeness (QED) is 0.762. The van der Waals surface area contributed by atoms with Gasteiger partial charge in [-0.3, -0.25) is 14.9 Å². The van der Waals surface area contributed by atoms with E-state index in [4.69, 9.17) is 27.9 Å². The highest BCUT2D eigenvalue weighted by Crippen LogP contribution is 2.26. The Bertz CT molecular complexity index is 792. The van der Waals surface area contributed by atoms with Gasteiger partial charge in [0.1, 0.15) is 0 Å². The zero-order chi connectivity index (χ0) is 19.1. The topological polar surface area (TPSA) is 84.5 Å². The van der Waals surface area contributed by atoms with E-state index in [0.29, 0.717) is 21.2 Å². The third kappa shape index (κ3) is 5.21. The van der Waals surface area contributed by atoms with Gasteiger partial charge in [-0.2, -0.15) is 0 Å². The van der Waals surface area contributed by atoms with Gasteiger partial charge in [0.2, 0.25) is 6.10 Å². The molecule has 0 aromatic heterocycles. The summed E-state index contributed by atoms with van der Waals surface area (Å²) in [5.74, 6) is -1.48. The molecule has 0 heterocycles. The second-order valence-electron chi connectivity index (χ2n) is 5.23. The summed E-state index contributed by atoms with van der Waals surface area (Å²) >= 11 is 12.1. The van der Waals surface area contributed by atoms with Crippen LogP contribution < -0.4 is 10.6 Å². The lowest BCUT2D eigenvalue weighted by Gasteiger charge is -2.18. The Morgan fingerprint density at radius 1 is 1.00 bits per heavy atom. The maximum Gasteiger partial charge on any atom is 0.321 e. The Morgan fingerprint density at radius 2 is 1.62 bits per heavy atom. The van der Waals surface area contributed by atoms with Crippen LogP contribution >= 0.6 is 23.2 Å². The summed E-state index contributed by atoms with van der Waals surface area (Å²) in [5.41, 5.74) is 0.826. The molecule has 3 amide bonds. The molecule has 8 heteroatoms. The van der Waals surface area contributed by atoms with E-state index in [2.05, 4.69) is 10.6 Å². The Kier molecular flexibility index (Phi) is 7.00. The predicted octanol–water partition coefficient (Wildman–Crippen LogP) is 3.28. The van der Waals surface area contributed by atoms with Crippen LogP contribution in [0.3, 0.4) is 0 Å². The Hall–Kier alpha value is -2.57. The van der Waals surface area contributed by atoms with Crippen LogP contribution in [0.5, 0.6) is 0 Å². The number of nitrogens with one attached hydrogen (secondary N) is 2. The molecule has 0 saturated heterocycles. The average molecular weight is 395 g/mol. The van der Waals surface area contributed by atoms with Gasteiger partial charge in [-0.15, -0.1) is 0 Å². The van der Waals surface area contributed by atoms with Crippen molar-refractivity contribution in [1.29, 1.82) is 0 Å². The molecule has 0 fully saturated rings. The summed E-state index contributed by atoms with van der Waals surface area (Å²) in [7, 11) is 1.37. The number of ether oxygens (including phenoxy) is 1. The van der Waals surface area contributed by atoms with Crippen LogP contribution in [0.2, 0.25) is 10.0 Å². The minimum absolute atomic E-state index is 0.213. The van der Waals surface area contributed by atoms with E-state index in [9.17, 15) is 14.4 Å². The zero-order valence-electron chi connectivity index (χ0n) is 13.8. The number of benzene rings is 2. The van der Waals surface area contributed by atoms with Crippen LogP contribution in [0.4, 0.5) is 4.79 Å². The van der Waals surface area contributed by atoms with Crippen LogP contribution in [0.1, 0.15) is 17.2 Å². The predicted molar refractivity (Wildman–Crippen MR) is 98.0 cm³/mol. The van der Waals surface area contributed by atoms with Gasteiger partial charge in [0.05, 0.1) is 6.42 Å². The molecule has 0 unspecified atom stereocenters. The minimum atomic E-state index is -1.29. The Labute approximate surface area is 160 Å². The van der Waals surface area contributed by atoms with E-state index in [-0.39, 0.29) is 6.42 Å². The third-order valence-corrected chi connectivity index (χ3v) is 4.14. The molecule has 2 aromatic carbocycles. The second-order valence-corrected chi connectivity index (χ2v) is 6.04. The number of carbonyl (C=O) groups excluding carboxylic acids is 3. The van der Waals surface area contributed by atoms with Gasteiger partial charge in [-0.05, 0) is 12.1 Å². The first-order valence-electron chi connectivity index (χ1n) is 7.62. The first-order valence-corrected chi connectivity index (χ1v) is 8.38. The fourth-order valence-corrected chi connectivity index (χ4v) is 2.69. The first-order chi connectivity index (χ1) is 12.4. The number of rotatable bonds is 5. The van der Waals surface area contributed by atoms with Gasteiger partial charge in [0, 0.05) is 28.2 Å². The average Bonchev–Trinajstić information content (AvgIpc) is 2.63. The highest BCUT2D eigenvalue weighted by atomic mass is 35.5. The first kappa shape index (κ1) is 19.8. The van der Waals surface area contributed by atoms with Gasteiger partial charge in [-0.25, -0.2) is 4.79 Å². The van der Waals surface area contributed by atoms with Crippen molar-refractivity contribution >= 4 is 41.1 Å². The molecule has 2 rings (SSSR count). The lowest BCUT2D eigenvalue weighted by Crippen LogP contribution is -2.41. The number of urea groups is 1. The van der Waals surface area contributed by atoms with E-state index < -0.39 is 24.0 Å². The lowest BCUT2D eigenvalue weighted by atomic mass is 10.1. The van der Waals surface area contributed by atoms with Crippen molar-refractivity contribution in [3.05, 3.63) is 69.7 Å². The number of hydrogen-bond donors (Lipinski definition) is 2. The summed E-state index contributed by atoms with van der Waals surface area (Å²) in [6, 6.07) is 12.5. The molecule has 0 aliphatic carbocycles. The van der Waals surface area contributed by atoms with Crippen LogP contribution in [0.25, 0.3) is 0 Å². The van der Waals surface area contributed by atoms with Crippen molar-refractivity contribution in [2.75, 3.05) is 7.05 Å². The van der Waals surface area contributed by atoms with Crippen molar-refractivity contribution in [1.82, 2.24) is 10.6 Å². The zero-order valence-corrected chi connectivity index (χ0v) is 15.3. The number of imide groups is 1. The monoisotopic (exact) mass is 394 g/mol. The normalized spacial score (nSPS) is 11.3. The van der Waals surface area contributed by atoms with Gasteiger partial charge in [0.25, 0.3) is 5.91 Å². The SMILES string of the molecule is CNC(=O)NC(=O)[C@H](OC(=O)Cc1c(Cl)cccc1Cl)c1ccccc1. The standard InChI is InChI=1S/C18H16Cl2N2O4/c1-21-18(25)22-17(24)16(11-6-3-2-4-7-11)26-15(23)10-12-13(19)8-5-9-14(12)20/h2-9,16H,10H2,1H3,(H2,21,22,24,25)/t16-/m1/s1. The maximum atomic E-state index is 12.3. The molecule has 0 saturated carbocycles. The summed E-state index contributed by atoms with van der Waals surface area (Å²) in [5, 5.41) is 5.01. The maximum absolute atomic E-state index is 12.3. The fourth-order valence-electron chi connectivity index (χ4n) is 2.16. The van der Waals surface area contributed by atoms with Crippen LogP contribution in [0.15, 0.2) is 48.5 Å². The van der Waals surface area contributed by atoms with Crippen molar-refractivity contribution < 1.29 is 19.1 Å². The van der Waals surface area contributed by atoms with Crippen LogP contribution in [0, 0.1) is 0 Å². The summed E-state index contributed by atoms with van der Waals surface area (Å²) in [4.78, 5) is 36.1. The highest BCUT2D eigenvalue weighted by molar-refractivity contribution is 6.36. The molecule has 2 aromatic rings. The third-order valence-electron chi connectivity index (χ3n) is 3.44. The highest BCUT2D eigenvalue weighted by Gasteiger charge is 2.27. The molecule has 2 N–H and O–H groups in total. The van der Waals surface area contributed by atoms with E-state index >= 15 is 0 Å². The Morgan fingerprint density at radius 3 is 2.19 bits per heavy atom. The number of hydrogen-bond acceptors (Lipinski definition) is 4. The minimum Gasteiger partial charge on any atom is -0.447 e. The fraction of sp³-hybridized carbons (Fsp3) is 0.167. The summed E-state index contributed by atoms with van der Waals surface area (Å²) < 4.78 is 5.31. The number of amides is 3. The molecular weight excluding hydrogens is 379 g/mol. The number of halogens is 2. The smallest absolute Gasteiger partial charge is 0.321 e. The molecule has 26 heavy (non-hydrogen) atoms. The van der Waals surface area contributed by atoms with E-state index in [1.54, 1.807) is 48.5 Å². The second kappa shape index (κ2) is 9.22. The summed E-state index contributed by atoms with van der Waals surface area (Å²) in [6.07, 6.45) is -1.50. The van der Waals surface area contributed by atoms with Crippen LogP contribution in [-0.2, 0) is 20.7 Å². The van der Waals surface area contributed by atoms with E-state index in [1.165, 1.54) is 7.05 Å². The summed E-state index contributed by atoms with van der Waals surface area (Å²) in [6.45, 7) is 0. The van der Waals surface area contributed by atoms with E-state index in [0.717, 1.165) is 0 Å². The molecule has 0 radical (unpaired) electrons. The molecule has 0 aliphatic rings. The van der Waals surface area contributed by atoms with Gasteiger partial charge in [-0.1, -0.05) is 59.6 Å². The van der Waals surface area contributed by atoms with Crippen molar-refractivity contribution in [2.24, 2.45) is 0 Å². The van der Waals surface area contributed by atoms with Gasteiger partial charge in [0.15, 0.2) is 0 Å². The molecule has 0 bridgehead atoms. The van der Waals surface area contributed by atoms with Crippen LogP contribution in [-0.4, -0.2) is 25.0 Å². The van der Waals surface area contributed by atoms with Crippen molar-refractivity contribution in [3.8, 4) is 0 Å². The largest absolute Gasteiger partial charge is 0.447 e. The molecule has 0 aliphatic heterocycles. The van der Waals surface area contributed by atoms with Crippen molar-refractivity contribution in [3.63, 3.8) is 0 Å². The Balaban J connectivity index is 2.19. The van der Waals surface area contributed by atoms with Crippen molar-refractivity contribution in [2.45, 2.75) is 12.5 Å². The van der Waals surface area contributed by atoms with E-state index in [1.807, 2.05) is 0 Å². The number of carbonyl (C=O) groups is 3. The van der Waals surface area contributed by atoms with Gasteiger partial charge < -0.3 is 10.1 Å². The molecule has 6 nitrogen and oxygen atoms in total. The molecule has 1 atom stereocenters. The number of esters is 1. The molecule has 0 spiro atoms. The molecular formula is C18H16Cl2N2O4. The lowest BCUT2D eigenvalue weighted by molar-refractivity contribution is -0.155.